The maximum Gasteiger partial charge on any atom is 0.254 e. The molecule has 0 atom stereocenters. The number of nitrogens with zero attached hydrogens (tertiary/aromatic N) is 2. The Kier molecular flexibility index (Phi) is 3.99. The molecule has 1 aromatic rings. The van der Waals surface area contributed by atoms with E-state index in [0.717, 1.165) is 31.2 Å². The van der Waals surface area contributed by atoms with Crippen LogP contribution in [0.2, 0.25) is 0 Å². The zero-order valence-corrected chi connectivity index (χ0v) is 10.7. The SMILES string of the molecule is Cc1ccc(C(=O)N(CC#N)C2CCCC2)cc1. The highest BCUT2D eigenvalue weighted by molar-refractivity contribution is 5.94. The highest BCUT2D eigenvalue weighted by Crippen LogP contribution is 2.24. The van der Waals surface area contributed by atoms with E-state index < -0.39 is 0 Å². The molecule has 0 N–H and O–H groups in total. The minimum atomic E-state index is -0.0107. The van der Waals surface area contributed by atoms with E-state index in [2.05, 4.69) is 6.07 Å². The minimum Gasteiger partial charge on any atom is -0.322 e. The second-order valence-electron chi connectivity index (χ2n) is 4.90. The minimum absolute atomic E-state index is 0.0107. The smallest absolute Gasteiger partial charge is 0.254 e. The first kappa shape index (κ1) is 12.6. The predicted molar refractivity (Wildman–Crippen MR) is 70.1 cm³/mol. The van der Waals surface area contributed by atoms with E-state index in [0.29, 0.717) is 5.56 Å². The van der Waals surface area contributed by atoms with Gasteiger partial charge in [0.05, 0.1) is 6.07 Å². The molecule has 0 saturated heterocycles. The Labute approximate surface area is 108 Å². The Balaban J connectivity index is 2.17. The van der Waals surface area contributed by atoms with Crippen LogP contribution in [0.1, 0.15) is 41.6 Å². The summed E-state index contributed by atoms with van der Waals surface area (Å²) in [5.74, 6) is -0.0107. The third kappa shape index (κ3) is 2.70. The van der Waals surface area contributed by atoms with Gasteiger partial charge in [0, 0.05) is 11.6 Å². The number of carbonyl (C=O) groups excluding carboxylic acids is 1. The molecule has 3 heteroatoms. The average molecular weight is 242 g/mol. The molecule has 1 aromatic carbocycles. The van der Waals surface area contributed by atoms with Gasteiger partial charge >= 0.3 is 0 Å². The molecule has 0 aliphatic heterocycles. The van der Waals surface area contributed by atoms with Gasteiger partial charge in [-0.2, -0.15) is 5.26 Å². The lowest BCUT2D eigenvalue weighted by atomic mass is 10.1. The Hall–Kier alpha value is -1.82. The van der Waals surface area contributed by atoms with Gasteiger partial charge in [-0.25, -0.2) is 0 Å². The molecule has 0 spiro atoms. The first-order valence-corrected chi connectivity index (χ1v) is 6.47. The summed E-state index contributed by atoms with van der Waals surface area (Å²) >= 11 is 0. The second kappa shape index (κ2) is 5.68. The van der Waals surface area contributed by atoms with Crippen LogP contribution in [-0.2, 0) is 0 Å². The van der Waals surface area contributed by atoms with Crippen LogP contribution in [0.4, 0.5) is 0 Å². The molecule has 94 valence electrons. The molecular formula is C15H18N2O. The number of aryl methyl sites for hydroxylation is 1. The quantitative estimate of drug-likeness (QED) is 0.765. The molecule has 1 saturated carbocycles. The molecular weight excluding hydrogens is 224 g/mol. The standard InChI is InChI=1S/C15H18N2O/c1-12-6-8-13(9-7-12)15(18)17(11-10-16)14-4-2-3-5-14/h6-9,14H,2-5,11H2,1H3. The monoisotopic (exact) mass is 242 g/mol. The van der Waals surface area contributed by atoms with Gasteiger partial charge < -0.3 is 4.90 Å². The molecule has 2 rings (SSSR count). The lowest BCUT2D eigenvalue weighted by Crippen LogP contribution is -2.39. The zero-order valence-electron chi connectivity index (χ0n) is 10.7. The number of carbonyl (C=O) groups is 1. The summed E-state index contributed by atoms with van der Waals surface area (Å²) in [5.41, 5.74) is 1.82. The van der Waals surface area contributed by atoms with Crippen LogP contribution < -0.4 is 0 Å². The summed E-state index contributed by atoms with van der Waals surface area (Å²) in [5, 5.41) is 8.89. The van der Waals surface area contributed by atoms with Gasteiger partial charge in [0.15, 0.2) is 0 Å². The van der Waals surface area contributed by atoms with Crippen molar-refractivity contribution in [3.63, 3.8) is 0 Å². The number of rotatable bonds is 3. The third-order valence-corrected chi connectivity index (χ3v) is 3.57. The first-order chi connectivity index (χ1) is 8.72. The average Bonchev–Trinajstić information content (AvgIpc) is 2.90. The fourth-order valence-corrected chi connectivity index (χ4v) is 2.52. The molecule has 0 aromatic heterocycles. The first-order valence-electron chi connectivity index (χ1n) is 6.47. The van der Waals surface area contributed by atoms with Crippen LogP contribution in [0.25, 0.3) is 0 Å². The normalized spacial score (nSPS) is 15.3. The van der Waals surface area contributed by atoms with E-state index in [4.69, 9.17) is 5.26 Å². The second-order valence-corrected chi connectivity index (χ2v) is 4.90. The van der Waals surface area contributed by atoms with Crippen molar-refractivity contribution in [3.05, 3.63) is 35.4 Å². The van der Waals surface area contributed by atoms with Gasteiger partial charge in [-0.05, 0) is 31.9 Å². The van der Waals surface area contributed by atoms with Gasteiger partial charge in [0.1, 0.15) is 6.54 Å². The van der Waals surface area contributed by atoms with Crippen molar-refractivity contribution in [1.29, 1.82) is 5.26 Å². The van der Waals surface area contributed by atoms with Crippen LogP contribution in [0, 0.1) is 18.3 Å². The number of hydrogen-bond acceptors (Lipinski definition) is 2. The Morgan fingerprint density at radius 3 is 2.50 bits per heavy atom. The lowest BCUT2D eigenvalue weighted by Gasteiger charge is -2.26. The van der Waals surface area contributed by atoms with Crippen LogP contribution >= 0.6 is 0 Å². The van der Waals surface area contributed by atoms with E-state index in [1.807, 2.05) is 31.2 Å². The fraction of sp³-hybridized carbons (Fsp3) is 0.467. The maximum absolute atomic E-state index is 12.4. The zero-order chi connectivity index (χ0) is 13.0. The highest BCUT2D eigenvalue weighted by Gasteiger charge is 2.26. The summed E-state index contributed by atoms with van der Waals surface area (Å²) in [4.78, 5) is 14.1. The Morgan fingerprint density at radius 2 is 1.94 bits per heavy atom. The maximum atomic E-state index is 12.4. The molecule has 1 aliphatic carbocycles. The molecule has 0 heterocycles. The lowest BCUT2D eigenvalue weighted by molar-refractivity contribution is 0.0709. The van der Waals surface area contributed by atoms with E-state index in [-0.39, 0.29) is 18.5 Å². The third-order valence-electron chi connectivity index (χ3n) is 3.57. The molecule has 1 fully saturated rings. The van der Waals surface area contributed by atoms with Crippen LogP contribution in [0.5, 0.6) is 0 Å². The van der Waals surface area contributed by atoms with Crippen molar-refractivity contribution in [2.75, 3.05) is 6.54 Å². The highest BCUT2D eigenvalue weighted by atomic mass is 16.2. The van der Waals surface area contributed by atoms with Gasteiger partial charge in [0.25, 0.3) is 5.91 Å². The molecule has 0 bridgehead atoms. The molecule has 3 nitrogen and oxygen atoms in total. The number of amides is 1. The van der Waals surface area contributed by atoms with Crippen LogP contribution in [0.15, 0.2) is 24.3 Å². The van der Waals surface area contributed by atoms with Crippen LogP contribution in [-0.4, -0.2) is 23.4 Å². The van der Waals surface area contributed by atoms with Crippen molar-refractivity contribution in [3.8, 4) is 6.07 Å². The topological polar surface area (TPSA) is 44.1 Å². The number of benzene rings is 1. The van der Waals surface area contributed by atoms with Crippen LogP contribution in [0.3, 0.4) is 0 Å². The largest absolute Gasteiger partial charge is 0.322 e. The van der Waals surface area contributed by atoms with Gasteiger partial charge in [-0.3, -0.25) is 4.79 Å². The van der Waals surface area contributed by atoms with E-state index in [1.54, 1.807) is 4.90 Å². The fourth-order valence-electron chi connectivity index (χ4n) is 2.52. The van der Waals surface area contributed by atoms with E-state index >= 15 is 0 Å². The summed E-state index contributed by atoms with van der Waals surface area (Å²) in [6.07, 6.45) is 4.38. The van der Waals surface area contributed by atoms with Crippen molar-refractivity contribution < 1.29 is 4.79 Å². The Bertz CT molecular complexity index is 452. The van der Waals surface area contributed by atoms with Crippen molar-refractivity contribution in [2.24, 2.45) is 0 Å². The summed E-state index contributed by atoms with van der Waals surface area (Å²) in [6.45, 7) is 2.19. The predicted octanol–water partition coefficient (Wildman–Crippen LogP) is 2.90. The molecule has 0 unspecified atom stereocenters. The van der Waals surface area contributed by atoms with Gasteiger partial charge in [-0.15, -0.1) is 0 Å². The molecule has 18 heavy (non-hydrogen) atoms. The molecule has 1 amide bonds. The molecule has 0 radical (unpaired) electrons. The van der Waals surface area contributed by atoms with E-state index in [1.165, 1.54) is 0 Å². The van der Waals surface area contributed by atoms with Crippen molar-refractivity contribution >= 4 is 5.91 Å². The van der Waals surface area contributed by atoms with Crippen molar-refractivity contribution in [1.82, 2.24) is 4.90 Å². The van der Waals surface area contributed by atoms with Gasteiger partial charge in [0.2, 0.25) is 0 Å². The van der Waals surface area contributed by atoms with E-state index in [9.17, 15) is 4.79 Å². The Morgan fingerprint density at radius 1 is 1.33 bits per heavy atom. The van der Waals surface area contributed by atoms with Gasteiger partial charge in [-0.1, -0.05) is 30.5 Å². The summed E-state index contributed by atoms with van der Waals surface area (Å²) in [6, 6.07) is 9.92. The summed E-state index contributed by atoms with van der Waals surface area (Å²) in [7, 11) is 0. The molecule has 1 aliphatic rings. The number of hydrogen-bond donors (Lipinski definition) is 0. The number of nitriles is 1. The summed E-state index contributed by atoms with van der Waals surface area (Å²) < 4.78 is 0. The van der Waals surface area contributed by atoms with Crippen molar-refractivity contribution in [2.45, 2.75) is 38.6 Å².